The van der Waals surface area contributed by atoms with E-state index in [1.54, 1.807) is 0 Å². The normalized spacial score (nSPS) is 20.3. The Bertz CT molecular complexity index is 201. The van der Waals surface area contributed by atoms with E-state index in [1.165, 1.54) is 12.8 Å². The molecule has 1 amide bonds. The van der Waals surface area contributed by atoms with E-state index in [0.717, 1.165) is 26.0 Å². The van der Waals surface area contributed by atoms with Gasteiger partial charge in [-0.2, -0.15) is 0 Å². The Labute approximate surface area is 98.1 Å². The van der Waals surface area contributed by atoms with Gasteiger partial charge in [-0.1, -0.05) is 0 Å². The average molecular weight is 228 g/mol. The lowest BCUT2D eigenvalue weighted by Crippen LogP contribution is -2.38. The lowest BCUT2D eigenvalue weighted by atomic mass is 10.1. The summed E-state index contributed by atoms with van der Waals surface area (Å²) in [5.74, 6) is 0.0760. The smallest absolute Gasteiger partial charge is 0.234 e. The van der Waals surface area contributed by atoms with E-state index >= 15 is 0 Å². The topological polar surface area (TPSA) is 50.4 Å². The SMILES string of the molecule is CC(C)NC(=O)CNCCCC1CCCO1. The standard InChI is InChI=1S/C12H24N2O2/c1-10(2)14-12(15)9-13-7-3-5-11-6-4-8-16-11/h10-11,13H,3-9H2,1-2H3,(H,14,15). The van der Waals surface area contributed by atoms with Crippen LogP contribution in [0.25, 0.3) is 0 Å². The molecule has 1 aliphatic rings. The van der Waals surface area contributed by atoms with Gasteiger partial charge < -0.3 is 15.4 Å². The fraction of sp³-hybridized carbons (Fsp3) is 0.917. The summed E-state index contributed by atoms with van der Waals surface area (Å²) < 4.78 is 5.53. The second-order valence-electron chi connectivity index (χ2n) is 4.68. The Balaban J connectivity index is 1.89. The first kappa shape index (κ1) is 13.5. The van der Waals surface area contributed by atoms with E-state index in [4.69, 9.17) is 4.74 Å². The number of ether oxygens (including phenoxy) is 1. The molecule has 0 aromatic heterocycles. The van der Waals surface area contributed by atoms with E-state index in [2.05, 4.69) is 10.6 Å². The molecule has 0 aromatic carbocycles. The Kier molecular flexibility index (Phi) is 6.42. The molecule has 1 atom stereocenters. The molecule has 4 heteroatoms. The highest BCUT2D eigenvalue weighted by molar-refractivity contribution is 5.78. The number of rotatable bonds is 7. The van der Waals surface area contributed by atoms with Gasteiger partial charge in [0.15, 0.2) is 0 Å². The minimum atomic E-state index is 0.0760. The first-order valence-corrected chi connectivity index (χ1v) is 6.30. The fourth-order valence-corrected chi connectivity index (χ4v) is 1.90. The van der Waals surface area contributed by atoms with Gasteiger partial charge in [-0.15, -0.1) is 0 Å². The predicted octanol–water partition coefficient (Wildman–Crippen LogP) is 1.06. The van der Waals surface area contributed by atoms with Crippen LogP contribution in [0.1, 0.15) is 39.5 Å². The molecular formula is C12H24N2O2. The summed E-state index contributed by atoms with van der Waals surface area (Å²) in [5, 5.41) is 6.00. The molecule has 0 saturated carbocycles. The molecule has 1 saturated heterocycles. The van der Waals surface area contributed by atoms with E-state index in [9.17, 15) is 4.79 Å². The summed E-state index contributed by atoms with van der Waals surface area (Å²) in [6.45, 7) is 6.18. The van der Waals surface area contributed by atoms with E-state index in [-0.39, 0.29) is 11.9 Å². The van der Waals surface area contributed by atoms with Crippen LogP contribution in [0.3, 0.4) is 0 Å². The largest absolute Gasteiger partial charge is 0.378 e. The molecule has 1 unspecified atom stereocenters. The van der Waals surface area contributed by atoms with Crippen LogP contribution >= 0.6 is 0 Å². The molecule has 4 nitrogen and oxygen atoms in total. The molecule has 0 spiro atoms. The molecule has 2 N–H and O–H groups in total. The second-order valence-corrected chi connectivity index (χ2v) is 4.68. The Hall–Kier alpha value is -0.610. The quantitative estimate of drug-likeness (QED) is 0.641. The van der Waals surface area contributed by atoms with Crippen LogP contribution in [0.2, 0.25) is 0 Å². The van der Waals surface area contributed by atoms with Gasteiger partial charge in [0.05, 0.1) is 12.6 Å². The molecule has 1 aliphatic heterocycles. The van der Waals surface area contributed by atoms with Crippen molar-refractivity contribution in [3.05, 3.63) is 0 Å². The molecule has 0 aromatic rings. The molecule has 0 radical (unpaired) electrons. The van der Waals surface area contributed by atoms with Gasteiger partial charge in [0.2, 0.25) is 5.91 Å². The van der Waals surface area contributed by atoms with Crippen LogP contribution in [0.15, 0.2) is 0 Å². The molecule has 1 rings (SSSR count). The summed E-state index contributed by atoms with van der Waals surface area (Å²) in [5.41, 5.74) is 0. The maximum Gasteiger partial charge on any atom is 0.234 e. The van der Waals surface area contributed by atoms with Crippen molar-refractivity contribution in [2.45, 2.75) is 51.7 Å². The average Bonchev–Trinajstić information content (AvgIpc) is 2.68. The van der Waals surface area contributed by atoms with Crippen molar-refractivity contribution in [1.29, 1.82) is 0 Å². The van der Waals surface area contributed by atoms with Crippen LogP contribution in [-0.2, 0) is 9.53 Å². The molecule has 94 valence electrons. The minimum absolute atomic E-state index is 0.0760. The van der Waals surface area contributed by atoms with Crippen molar-refractivity contribution < 1.29 is 9.53 Å². The first-order chi connectivity index (χ1) is 7.68. The van der Waals surface area contributed by atoms with Gasteiger partial charge in [0.1, 0.15) is 0 Å². The fourth-order valence-electron chi connectivity index (χ4n) is 1.90. The van der Waals surface area contributed by atoms with Gasteiger partial charge in [0.25, 0.3) is 0 Å². The van der Waals surface area contributed by atoms with Gasteiger partial charge in [-0.25, -0.2) is 0 Å². The maximum absolute atomic E-state index is 11.3. The third-order valence-corrected chi connectivity index (χ3v) is 2.64. The van der Waals surface area contributed by atoms with Crippen LogP contribution in [-0.4, -0.2) is 37.7 Å². The summed E-state index contributed by atoms with van der Waals surface area (Å²) in [7, 11) is 0. The summed E-state index contributed by atoms with van der Waals surface area (Å²) in [4.78, 5) is 11.3. The molecule has 1 heterocycles. The van der Waals surface area contributed by atoms with Crippen LogP contribution in [0, 0.1) is 0 Å². The van der Waals surface area contributed by atoms with Crippen molar-refractivity contribution >= 4 is 5.91 Å². The van der Waals surface area contributed by atoms with Crippen LogP contribution in [0.4, 0.5) is 0 Å². The van der Waals surface area contributed by atoms with E-state index in [0.29, 0.717) is 12.6 Å². The third-order valence-electron chi connectivity index (χ3n) is 2.64. The Morgan fingerprint density at radius 2 is 2.31 bits per heavy atom. The van der Waals surface area contributed by atoms with E-state index < -0.39 is 0 Å². The second kappa shape index (κ2) is 7.63. The van der Waals surface area contributed by atoms with Gasteiger partial charge in [0, 0.05) is 12.6 Å². The molecule has 1 fully saturated rings. The van der Waals surface area contributed by atoms with Gasteiger partial charge in [-0.05, 0) is 46.1 Å². The highest BCUT2D eigenvalue weighted by atomic mass is 16.5. The van der Waals surface area contributed by atoms with Crippen molar-refractivity contribution in [3.8, 4) is 0 Å². The number of carbonyl (C=O) groups is 1. The highest BCUT2D eigenvalue weighted by Crippen LogP contribution is 2.16. The van der Waals surface area contributed by atoms with E-state index in [1.807, 2.05) is 13.8 Å². The number of nitrogens with one attached hydrogen (secondary N) is 2. The lowest BCUT2D eigenvalue weighted by molar-refractivity contribution is -0.120. The summed E-state index contributed by atoms with van der Waals surface area (Å²) in [6.07, 6.45) is 5.06. The maximum atomic E-state index is 11.3. The van der Waals surface area contributed by atoms with Crippen molar-refractivity contribution in [2.75, 3.05) is 19.7 Å². The van der Waals surface area contributed by atoms with Gasteiger partial charge in [-0.3, -0.25) is 4.79 Å². The highest BCUT2D eigenvalue weighted by Gasteiger charge is 2.14. The van der Waals surface area contributed by atoms with Gasteiger partial charge >= 0.3 is 0 Å². The zero-order valence-corrected chi connectivity index (χ0v) is 10.4. The molecular weight excluding hydrogens is 204 g/mol. The zero-order chi connectivity index (χ0) is 11.8. The zero-order valence-electron chi connectivity index (χ0n) is 10.4. The number of amides is 1. The van der Waals surface area contributed by atoms with Crippen LogP contribution < -0.4 is 10.6 Å². The molecule has 0 bridgehead atoms. The number of hydrogen-bond donors (Lipinski definition) is 2. The lowest BCUT2D eigenvalue weighted by Gasteiger charge is -2.10. The molecule has 0 aliphatic carbocycles. The third kappa shape index (κ3) is 6.08. The van der Waals surface area contributed by atoms with Crippen molar-refractivity contribution in [1.82, 2.24) is 10.6 Å². The predicted molar refractivity (Wildman–Crippen MR) is 64.4 cm³/mol. The monoisotopic (exact) mass is 228 g/mol. The first-order valence-electron chi connectivity index (χ1n) is 6.30. The summed E-state index contributed by atoms with van der Waals surface area (Å²) in [6, 6.07) is 0.223. The number of carbonyl (C=O) groups excluding carboxylic acids is 1. The van der Waals surface area contributed by atoms with Crippen LogP contribution in [0.5, 0.6) is 0 Å². The molecule has 16 heavy (non-hydrogen) atoms. The number of hydrogen-bond acceptors (Lipinski definition) is 3. The Morgan fingerprint density at radius 3 is 2.94 bits per heavy atom. The van der Waals surface area contributed by atoms with Crippen molar-refractivity contribution in [3.63, 3.8) is 0 Å². The van der Waals surface area contributed by atoms with Crippen molar-refractivity contribution in [2.24, 2.45) is 0 Å². The summed E-state index contributed by atoms with van der Waals surface area (Å²) >= 11 is 0. The Morgan fingerprint density at radius 1 is 1.50 bits per heavy atom. The minimum Gasteiger partial charge on any atom is -0.378 e.